The smallest absolute Gasteiger partial charge is 0.182 e. The van der Waals surface area contributed by atoms with Gasteiger partial charge in [-0.2, -0.15) is 5.26 Å². The molecule has 8 nitrogen and oxygen atoms in total. The van der Waals surface area contributed by atoms with E-state index in [9.17, 15) is 14.9 Å². The van der Waals surface area contributed by atoms with Gasteiger partial charge in [0.15, 0.2) is 11.6 Å². The van der Waals surface area contributed by atoms with Crippen LogP contribution >= 0.6 is 0 Å². The Morgan fingerprint density at radius 1 is 0.826 bits per heavy atom. The number of fused-ring (bicyclic) bond motifs is 2. The van der Waals surface area contributed by atoms with E-state index in [1.165, 1.54) is 0 Å². The van der Waals surface area contributed by atoms with E-state index in [4.69, 9.17) is 14.5 Å². The van der Waals surface area contributed by atoms with E-state index in [2.05, 4.69) is 16.0 Å². The number of benzene rings is 4. The van der Waals surface area contributed by atoms with Gasteiger partial charge in [0.1, 0.15) is 34.9 Å². The monoisotopic (exact) mass is 604 g/mol. The average molecular weight is 605 g/mol. The summed E-state index contributed by atoms with van der Waals surface area (Å²) in [6.45, 7) is 0.333. The molecule has 1 aliphatic rings. The minimum atomic E-state index is -1.56. The number of carbonyl (C=O) groups is 2. The Balaban J connectivity index is 1.34. The van der Waals surface area contributed by atoms with E-state index < -0.39 is 5.41 Å². The second-order valence-electron chi connectivity index (χ2n) is 11.3. The predicted molar refractivity (Wildman–Crippen MR) is 172 cm³/mol. The van der Waals surface area contributed by atoms with E-state index in [1.807, 2.05) is 54.6 Å². The van der Waals surface area contributed by atoms with E-state index in [-0.39, 0.29) is 18.0 Å². The number of hydrogen-bond acceptors (Lipinski definition) is 7. The van der Waals surface area contributed by atoms with Gasteiger partial charge in [0.25, 0.3) is 0 Å². The molecule has 0 saturated heterocycles. The number of aromatic amines is 1. The molecule has 8 heteroatoms. The number of nitrogens with zero attached hydrogens (tertiary/aromatic N) is 3. The molecule has 0 saturated carbocycles. The SMILES string of the molecule is COc1ccc(C2(Cc3ccncc3)C(=O)c3ccc(OCc4ccccc4)cc3C2=O)c2[nH]c(Cc3ccc(C#N)cc3)nc12. The maximum atomic E-state index is 14.7. The molecule has 2 heterocycles. The third-order valence-electron chi connectivity index (χ3n) is 8.51. The summed E-state index contributed by atoms with van der Waals surface area (Å²) in [5.41, 5.74) is 4.05. The molecule has 0 amide bonds. The van der Waals surface area contributed by atoms with Crippen molar-refractivity contribution in [2.45, 2.75) is 24.9 Å². The lowest BCUT2D eigenvalue weighted by Gasteiger charge is -2.27. The zero-order chi connectivity index (χ0) is 31.7. The second kappa shape index (κ2) is 11.8. The molecule has 7 rings (SSSR count). The fourth-order valence-corrected chi connectivity index (χ4v) is 6.22. The first-order valence-corrected chi connectivity index (χ1v) is 14.8. The molecule has 0 spiro atoms. The number of carbonyl (C=O) groups excluding carboxylic acids is 2. The van der Waals surface area contributed by atoms with Crippen LogP contribution in [0.2, 0.25) is 0 Å². The Bertz CT molecular complexity index is 2130. The highest BCUT2D eigenvalue weighted by Crippen LogP contribution is 2.46. The van der Waals surface area contributed by atoms with Crippen LogP contribution in [0, 0.1) is 11.3 Å². The summed E-state index contributed by atoms with van der Waals surface area (Å²) in [5.74, 6) is 1.08. The van der Waals surface area contributed by atoms with Crippen molar-refractivity contribution in [3.8, 4) is 17.6 Å². The van der Waals surface area contributed by atoms with E-state index in [1.54, 1.807) is 62.0 Å². The Morgan fingerprint density at radius 2 is 1.59 bits per heavy atom. The van der Waals surface area contributed by atoms with Crippen molar-refractivity contribution in [2.24, 2.45) is 0 Å². The van der Waals surface area contributed by atoms with Gasteiger partial charge in [-0.05, 0) is 71.6 Å². The molecule has 0 fully saturated rings. The normalized spacial score (nSPS) is 15.5. The minimum Gasteiger partial charge on any atom is -0.494 e. The number of pyridine rings is 1. The number of hydrogen-bond donors (Lipinski definition) is 1. The van der Waals surface area contributed by atoms with Gasteiger partial charge in [0, 0.05) is 35.5 Å². The molecule has 1 atom stereocenters. The van der Waals surface area contributed by atoms with E-state index >= 15 is 0 Å². The van der Waals surface area contributed by atoms with Crippen LogP contribution in [0.15, 0.2) is 109 Å². The van der Waals surface area contributed by atoms with Crippen LogP contribution in [0.25, 0.3) is 11.0 Å². The lowest BCUT2D eigenvalue weighted by molar-refractivity contribution is 0.0794. The van der Waals surface area contributed by atoms with Crippen LogP contribution in [-0.2, 0) is 24.9 Å². The number of Topliss-reactive ketones (excluding diaryl/α,β-unsaturated/α-hetero) is 2. The largest absolute Gasteiger partial charge is 0.494 e. The molecule has 2 aromatic heterocycles. The maximum absolute atomic E-state index is 14.7. The summed E-state index contributed by atoms with van der Waals surface area (Å²) in [5, 5.41) is 9.18. The highest BCUT2D eigenvalue weighted by molar-refractivity contribution is 6.34. The van der Waals surface area contributed by atoms with Crippen LogP contribution in [0.1, 0.15) is 54.4 Å². The molecule has 4 aromatic carbocycles. The Hall–Kier alpha value is -6.07. The Kier molecular flexibility index (Phi) is 7.35. The predicted octanol–water partition coefficient (Wildman–Crippen LogP) is 6.57. The molecule has 46 heavy (non-hydrogen) atoms. The minimum absolute atomic E-state index is 0.132. The number of nitrogens with one attached hydrogen (secondary N) is 1. The summed E-state index contributed by atoms with van der Waals surface area (Å²) in [7, 11) is 1.56. The molecule has 0 bridgehead atoms. The summed E-state index contributed by atoms with van der Waals surface area (Å²) in [4.78, 5) is 41.8. The maximum Gasteiger partial charge on any atom is 0.182 e. The third kappa shape index (κ3) is 4.98. The number of aromatic nitrogens is 3. The number of methoxy groups -OCH3 is 1. The van der Waals surface area contributed by atoms with Crippen LogP contribution in [0.3, 0.4) is 0 Å². The van der Waals surface area contributed by atoms with Crippen molar-refractivity contribution in [2.75, 3.05) is 7.11 Å². The average Bonchev–Trinajstić information content (AvgIpc) is 3.61. The number of H-pyrrole nitrogens is 1. The fourth-order valence-electron chi connectivity index (χ4n) is 6.22. The quantitative estimate of drug-likeness (QED) is 0.186. The molecular formula is C38H28N4O4. The summed E-state index contributed by atoms with van der Waals surface area (Å²) >= 11 is 0. The van der Waals surface area contributed by atoms with Gasteiger partial charge in [-0.1, -0.05) is 48.5 Å². The summed E-state index contributed by atoms with van der Waals surface area (Å²) < 4.78 is 11.7. The van der Waals surface area contributed by atoms with Crippen molar-refractivity contribution < 1.29 is 19.1 Å². The van der Waals surface area contributed by atoms with Gasteiger partial charge >= 0.3 is 0 Å². The van der Waals surface area contributed by atoms with Crippen molar-refractivity contribution in [1.82, 2.24) is 15.0 Å². The van der Waals surface area contributed by atoms with Crippen molar-refractivity contribution >= 4 is 22.6 Å². The summed E-state index contributed by atoms with van der Waals surface area (Å²) in [6.07, 6.45) is 3.90. The number of nitriles is 1. The van der Waals surface area contributed by atoms with Crippen molar-refractivity contribution in [3.05, 3.63) is 154 Å². The number of ketones is 2. The molecule has 0 aliphatic heterocycles. The zero-order valence-electron chi connectivity index (χ0n) is 25.0. The molecule has 1 N–H and O–H groups in total. The highest BCUT2D eigenvalue weighted by Gasteiger charge is 2.55. The van der Waals surface area contributed by atoms with Gasteiger partial charge in [-0.25, -0.2) is 4.98 Å². The van der Waals surface area contributed by atoms with Crippen LogP contribution in [0.5, 0.6) is 11.5 Å². The molecule has 1 aliphatic carbocycles. The third-order valence-corrected chi connectivity index (χ3v) is 8.51. The number of rotatable bonds is 9. The van der Waals surface area contributed by atoms with Crippen molar-refractivity contribution in [1.29, 1.82) is 5.26 Å². The second-order valence-corrected chi connectivity index (χ2v) is 11.3. The van der Waals surface area contributed by atoms with Gasteiger partial charge < -0.3 is 14.5 Å². The lowest BCUT2D eigenvalue weighted by Crippen LogP contribution is -2.41. The number of imidazole rings is 1. The highest BCUT2D eigenvalue weighted by atomic mass is 16.5. The van der Waals surface area contributed by atoms with E-state index in [0.717, 1.165) is 16.7 Å². The van der Waals surface area contributed by atoms with Crippen LogP contribution in [-0.4, -0.2) is 33.6 Å². The Morgan fingerprint density at radius 3 is 2.33 bits per heavy atom. The van der Waals surface area contributed by atoms with Crippen LogP contribution in [0.4, 0.5) is 0 Å². The first-order valence-electron chi connectivity index (χ1n) is 14.8. The van der Waals surface area contributed by atoms with E-state index in [0.29, 0.717) is 63.6 Å². The molecule has 224 valence electrons. The zero-order valence-corrected chi connectivity index (χ0v) is 25.0. The van der Waals surface area contributed by atoms with Crippen LogP contribution < -0.4 is 9.47 Å². The number of ether oxygens (including phenoxy) is 2. The van der Waals surface area contributed by atoms with Gasteiger partial charge in [-0.3, -0.25) is 14.6 Å². The van der Waals surface area contributed by atoms with Gasteiger partial charge in [0.2, 0.25) is 0 Å². The van der Waals surface area contributed by atoms with Crippen molar-refractivity contribution in [3.63, 3.8) is 0 Å². The Labute approximate surface area is 265 Å². The fraction of sp³-hybridized carbons (Fsp3) is 0.132. The topological polar surface area (TPSA) is 118 Å². The molecule has 6 aromatic rings. The molecular weight excluding hydrogens is 576 g/mol. The standard InChI is InChI=1S/C38H28N4O4/c1-45-32-14-13-31(34-35(32)42-33(41-34)19-24-7-9-26(22-39)10-8-24)38(21-25-15-17-40-18-16-25)36(43)29-12-11-28(20-30(29)37(38)44)46-23-27-5-3-2-4-6-27/h2-18,20H,19,21,23H2,1H3,(H,41,42). The lowest BCUT2D eigenvalue weighted by atomic mass is 9.71. The van der Waals surface area contributed by atoms with Gasteiger partial charge in [-0.15, -0.1) is 0 Å². The molecule has 1 unspecified atom stereocenters. The summed E-state index contributed by atoms with van der Waals surface area (Å²) in [6, 6.07) is 31.5. The molecule has 0 radical (unpaired) electrons. The van der Waals surface area contributed by atoms with Gasteiger partial charge in [0.05, 0.1) is 24.3 Å². The first kappa shape index (κ1) is 28.7. The first-order chi connectivity index (χ1) is 22.5.